The van der Waals surface area contributed by atoms with E-state index in [1.807, 2.05) is 6.92 Å². The summed E-state index contributed by atoms with van der Waals surface area (Å²) in [4.78, 5) is 10.7. The minimum Gasteiger partial charge on any atom is -0.497 e. The fourth-order valence-electron chi connectivity index (χ4n) is 1.36. The zero-order valence-electron chi connectivity index (χ0n) is 9.29. The molecule has 1 amide bonds. The van der Waals surface area contributed by atoms with Crippen molar-refractivity contribution < 1.29 is 9.53 Å². The summed E-state index contributed by atoms with van der Waals surface area (Å²) in [5, 5.41) is 3.68. The van der Waals surface area contributed by atoms with Gasteiger partial charge in [-0.1, -0.05) is 11.6 Å². The zero-order chi connectivity index (χ0) is 12.1. The molecule has 0 aliphatic heterocycles. The molecule has 4 nitrogen and oxygen atoms in total. The molecule has 3 N–H and O–H groups in total. The molecule has 16 heavy (non-hydrogen) atoms. The molecule has 0 spiro atoms. The normalized spacial score (nSPS) is 11.9. The number of carbonyl (C=O) groups excluding carboxylic acids is 1. The second-order valence-electron chi connectivity index (χ2n) is 3.56. The van der Waals surface area contributed by atoms with Crippen LogP contribution < -0.4 is 15.8 Å². The minimum atomic E-state index is -0.348. The Labute approximate surface area is 99.7 Å². The summed E-state index contributed by atoms with van der Waals surface area (Å²) in [5.74, 6) is 0.359. The molecular formula is C11H15ClN2O2. The molecule has 88 valence electrons. The van der Waals surface area contributed by atoms with Gasteiger partial charge < -0.3 is 15.8 Å². The fourth-order valence-corrected chi connectivity index (χ4v) is 1.53. The Morgan fingerprint density at radius 3 is 2.88 bits per heavy atom. The maximum Gasteiger partial charge on any atom is 0.219 e. The lowest BCUT2D eigenvalue weighted by Crippen LogP contribution is -2.24. The molecule has 0 aliphatic rings. The number of hydrogen-bond donors (Lipinski definition) is 2. The van der Waals surface area contributed by atoms with Crippen LogP contribution in [0, 0.1) is 0 Å². The number of nitrogens with one attached hydrogen (secondary N) is 1. The van der Waals surface area contributed by atoms with E-state index in [4.69, 9.17) is 22.1 Å². The highest BCUT2D eigenvalue weighted by Gasteiger charge is 2.08. The molecule has 0 aliphatic carbocycles. The predicted octanol–water partition coefficient (Wildman–Crippen LogP) is 2.02. The van der Waals surface area contributed by atoms with Gasteiger partial charge in [0.2, 0.25) is 5.91 Å². The number of primary amides is 1. The van der Waals surface area contributed by atoms with Crippen molar-refractivity contribution in [2.45, 2.75) is 19.4 Å². The summed E-state index contributed by atoms with van der Waals surface area (Å²) in [6, 6.07) is 5.22. The summed E-state index contributed by atoms with van der Waals surface area (Å²) in [6.07, 6.45) is 0.257. The van der Waals surface area contributed by atoms with E-state index < -0.39 is 0 Å². The van der Waals surface area contributed by atoms with Crippen LogP contribution in [0.2, 0.25) is 5.02 Å². The monoisotopic (exact) mass is 242 g/mol. The summed E-state index contributed by atoms with van der Waals surface area (Å²) in [7, 11) is 1.58. The molecule has 1 rings (SSSR count). The van der Waals surface area contributed by atoms with Crippen molar-refractivity contribution in [1.29, 1.82) is 0 Å². The van der Waals surface area contributed by atoms with Gasteiger partial charge in [0, 0.05) is 18.5 Å². The molecule has 0 saturated heterocycles. The van der Waals surface area contributed by atoms with Crippen molar-refractivity contribution in [2.24, 2.45) is 5.73 Å². The van der Waals surface area contributed by atoms with Gasteiger partial charge in [-0.2, -0.15) is 0 Å². The molecule has 5 heteroatoms. The average Bonchev–Trinajstić information content (AvgIpc) is 2.20. The number of benzene rings is 1. The Balaban J connectivity index is 2.75. The Kier molecular flexibility index (Phi) is 4.43. The minimum absolute atomic E-state index is 0.0675. The van der Waals surface area contributed by atoms with Crippen molar-refractivity contribution in [3.05, 3.63) is 23.2 Å². The van der Waals surface area contributed by atoms with Gasteiger partial charge in [-0.05, 0) is 19.1 Å². The van der Waals surface area contributed by atoms with Gasteiger partial charge >= 0.3 is 0 Å². The van der Waals surface area contributed by atoms with Crippen molar-refractivity contribution in [1.82, 2.24) is 0 Å². The lowest BCUT2D eigenvalue weighted by molar-refractivity contribution is -0.118. The van der Waals surface area contributed by atoms with E-state index in [1.165, 1.54) is 0 Å². The highest BCUT2D eigenvalue weighted by atomic mass is 35.5. The van der Waals surface area contributed by atoms with Crippen molar-refractivity contribution >= 4 is 23.2 Å². The van der Waals surface area contributed by atoms with E-state index in [9.17, 15) is 4.79 Å². The molecule has 1 aromatic carbocycles. The molecule has 0 saturated carbocycles. The number of methoxy groups -OCH3 is 1. The van der Waals surface area contributed by atoms with Crippen molar-refractivity contribution in [3.8, 4) is 5.75 Å². The zero-order valence-corrected chi connectivity index (χ0v) is 10.0. The fraction of sp³-hybridized carbons (Fsp3) is 0.364. The van der Waals surface area contributed by atoms with E-state index in [-0.39, 0.29) is 18.4 Å². The number of ether oxygens (including phenoxy) is 1. The third-order valence-electron chi connectivity index (χ3n) is 2.08. The molecule has 0 radical (unpaired) electrons. The Morgan fingerprint density at radius 1 is 1.62 bits per heavy atom. The van der Waals surface area contributed by atoms with Crippen molar-refractivity contribution in [3.63, 3.8) is 0 Å². The van der Waals surface area contributed by atoms with Crippen LogP contribution in [-0.4, -0.2) is 19.1 Å². The van der Waals surface area contributed by atoms with E-state index in [0.717, 1.165) is 5.69 Å². The SMILES string of the molecule is COc1ccc(Cl)c(NC(C)CC(N)=O)c1. The van der Waals surface area contributed by atoms with Gasteiger partial charge in [-0.25, -0.2) is 0 Å². The number of hydrogen-bond acceptors (Lipinski definition) is 3. The van der Waals surface area contributed by atoms with Gasteiger partial charge in [0.15, 0.2) is 0 Å². The highest BCUT2D eigenvalue weighted by molar-refractivity contribution is 6.33. The average molecular weight is 243 g/mol. The van der Waals surface area contributed by atoms with Crippen LogP contribution in [0.15, 0.2) is 18.2 Å². The van der Waals surface area contributed by atoms with Gasteiger partial charge in [0.25, 0.3) is 0 Å². The molecule has 0 fully saturated rings. The van der Waals surface area contributed by atoms with Crippen LogP contribution in [-0.2, 0) is 4.79 Å². The van der Waals surface area contributed by atoms with Gasteiger partial charge in [-0.15, -0.1) is 0 Å². The largest absolute Gasteiger partial charge is 0.497 e. The molecule has 1 atom stereocenters. The topological polar surface area (TPSA) is 64.3 Å². The number of halogens is 1. The third-order valence-corrected chi connectivity index (χ3v) is 2.41. The maximum absolute atomic E-state index is 10.7. The first kappa shape index (κ1) is 12.6. The number of carbonyl (C=O) groups is 1. The van der Waals surface area contributed by atoms with Gasteiger partial charge in [-0.3, -0.25) is 4.79 Å². The second kappa shape index (κ2) is 5.61. The Bertz CT molecular complexity index is 382. The first-order valence-electron chi connectivity index (χ1n) is 4.91. The number of anilines is 1. The van der Waals surface area contributed by atoms with Crippen LogP contribution >= 0.6 is 11.6 Å². The van der Waals surface area contributed by atoms with Crippen LogP contribution in [0.4, 0.5) is 5.69 Å². The quantitative estimate of drug-likeness (QED) is 0.830. The molecular weight excluding hydrogens is 228 g/mol. The van der Waals surface area contributed by atoms with E-state index in [0.29, 0.717) is 10.8 Å². The highest BCUT2D eigenvalue weighted by Crippen LogP contribution is 2.27. The molecule has 0 heterocycles. The third kappa shape index (κ3) is 3.62. The van der Waals surface area contributed by atoms with E-state index in [1.54, 1.807) is 25.3 Å². The predicted molar refractivity (Wildman–Crippen MR) is 64.9 cm³/mol. The number of amides is 1. The molecule has 1 unspecified atom stereocenters. The maximum atomic E-state index is 10.7. The second-order valence-corrected chi connectivity index (χ2v) is 3.97. The number of nitrogens with two attached hydrogens (primary N) is 1. The van der Waals surface area contributed by atoms with Gasteiger partial charge in [0.1, 0.15) is 5.75 Å². The van der Waals surface area contributed by atoms with E-state index in [2.05, 4.69) is 5.32 Å². The van der Waals surface area contributed by atoms with Crippen molar-refractivity contribution in [2.75, 3.05) is 12.4 Å². The molecule has 0 aromatic heterocycles. The van der Waals surface area contributed by atoms with Crippen LogP contribution in [0.25, 0.3) is 0 Å². The lowest BCUT2D eigenvalue weighted by Gasteiger charge is -2.15. The Hall–Kier alpha value is -1.42. The summed E-state index contributed by atoms with van der Waals surface area (Å²) < 4.78 is 5.08. The van der Waals surface area contributed by atoms with Crippen LogP contribution in [0.1, 0.15) is 13.3 Å². The first-order valence-corrected chi connectivity index (χ1v) is 5.29. The lowest BCUT2D eigenvalue weighted by atomic mass is 10.2. The summed E-state index contributed by atoms with van der Waals surface area (Å²) in [6.45, 7) is 1.86. The first-order chi connectivity index (χ1) is 7.52. The summed E-state index contributed by atoms with van der Waals surface area (Å²) in [5.41, 5.74) is 5.84. The van der Waals surface area contributed by atoms with Crippen LogP contribution in [0.5, 0.6) is 5.75 Å². The van der Waals surface area contributed by atoms with E-state index >= 15 is 0 Å². The van der Waals surface area contributed by atoms with Crippen LogP contribution in [0.3, 0.4) is 0 Å². The molecule has 1 aromatic rings. The Morgan fingerprint density at radius 2 is 2.31 bits per heavy atom. The summed E-state index contributed by atoms with van der Waals surface area (Å²) >= 11 is 6.00. The standard InChI is InChI=1S/C11H15ClN2O2/c1-7(5-11(13)15)14-10-6-8(16-2)3-4-9(10)12/h3-4,6-7,14H,5H2,1-2H3,(H2,13,15). The van der Waals surface area contributed by atoms with Gasteiger partial charge in [0.05, 0.1) is 17.8 Å². The smallest absolute Gasteiger partial charge is 0.219 e. The number of rotatable bonds is 5. The molecule has 0 bridgehead atoms.